The zero-order chi connectivity index (χ0) is 16.2. The Kier molecular flexibility index (Phi) is 4.36. The minimum absolute atomic E-state index is 0.0451. The Balaban J connectivity index is 1.53. The third-order valence-electron chi connectivity index (χ3n) is 3.70. The average molecular weight is 317 g/mol. The smallest absolute Gasteiger partial charge is 0.273 e. The Bertz CT molecular complexity index is 708. The SMILES string of the molecule is O=C(NCCC(=O)N1CCC1)c1cc(-c2ccc(F)cc2)on1. The summed E-state index contributed by atoms with van der Waals surface area (Å²) in [5, 5.41) is 6.34. The molecule has 1 saturated heterocycles. The van der Waals surface area contributed by atoms with Gasteiger partial charge in [-0.3, -0.25) is 9.59 Å². The molecule has 23 heavy (non-hydrogen) atoms. The van der Waals surface area contributed by atoms with E-state index in [1.54, 1.807) is 17.0 Å². The van der Waals surface area contributed by atoms with Crippen molar-refractivity contribution in [3.8, 4) is 11.3 Å². The zero-order valence-corrected chi connectivity index (χ0v) is 12.4. The van der Waals surface area contributed by atoms with Gasteiger partial charge in [0.05, 0.1) is 0 Å². The zero-order valence-electron chi connectivity index (χ0n) is 12.4. The normalized spacial score (nSPS) is 13.5. The molecular formula is C16H16FN3O3. The van der Waals surface area contributed by atoms with Crippen molar-refractivity contribution in [2.75, 3.05) is 19.6 Å². The van der Waals surface area contributed by atoms with Crippen LogP contribution in [0.3, 0.4) is 0 Å². The molecule has 3 rings (SSSR count). The molecule has 7 heteroatoms. The largest absolute Gasteiger partial charge is 0.355 e. The summed E-state index contributed by atoms with van der Waals surface area (Å²) in [6.45, 7) is 1.86. The summed E-state index contributed by atoms with van der Waals surface area (Å²) in [6, 6.07) is 7.18. The van der Waals surface area contributed by atoms with E-state index in [4.69, 9.17) is 4.52 Å². The van der Waals surface area contributed by atoms with Gasteiger partial charge in [-0.1, -0.05) is 5.16 Å². The number of hydrogen-bond donors (Lipinski definition) is 1. The Hall–Kier alpha value is -2.70. The van der Waals surface area contributed by atoms with Crippen LogP contribution in [0.1, 0.15) is 23.3 Å². The lowest BCUT2D eigenvalue weighted by atomic mass is 10.1. The number of amides is 2. The van der Waals surface area contributed by atoms with Crippen LogP contribution in [-0.4, -0.2) is 41.5 Å². The monoisotopic (exact) mass is 317 g/mol. The maximum Gasteiger partial charge on any atom is 0.273 e. The first-order chi connectivity index (χ1) is 11.1. The van der Waals surface area contributed by atoms with Crippen LogP contribution in [-0.2, 0) is 4.79 Å². The minimum atomic E-state index is -0.404. The summed E-state index contributed by atoms with van der Waals surface area (Å²) in [5.74, 6) is -0.327. The van der Waals surface area contributed by atoms with E-state index in [0.29, 0.717) is 11.3 Å². The van der Waals surface area contributed by atoms with E-state index >= 15 is 0 Å². The van der Waals surface area contributed by atoms with E-state index < -0.39 is 5.91 Å². The molecule has 1 fully saturated rings. The van der Waals surface area contributed by atoms with Crippen molar-refractivity contribution in [3.05, 3.63) is 41.8 Å². The van der Waals surface area contributed by atoms with Crippen molar-refractivity contribution in [3.63, 3.8) is 0 Å². The molecule has 1 aromatic heterocycles. The lowest BCUT2D eigenvalue weighted by Crippen LogP contribution is -2.43. The quantitative estimate of drug-likeness (QED) is 0.913. The molecule has 6 nitrogen and oxygen atoms in total. The van der Waals surface area contributed by atoms with Gasteiger partial charge in [0.25, 0.3) is 5.91 Å². The lowest BCUT2D eigenvalue weighted by Gasteiger charge is -2.30. The molecule has 0 unspecified atom stereocenters. The fourth-order valence-electron chi connectivity index (χ4n) is 2.23. The maximum absolute atomic E-state index is 12.9. The van der Waals surface area contributed by atoms with Crippen LogP contribution in [0.4, 0.5) is 4.39 Å². The van der Waals surface area contributed by atoms with Gasteiger partial charge in [-0.2, -0.15) is 0 Å². The minimum Gasteiger partial charge on any atom is -0.355 e. The average Bonchev–Trinajstić information content (AvgIpc) is 2.96. The number of carbonyl (C=O) groups is 2. The van der Waals surface area contributed by atoms with Crippen LogP contribution < -0.4 is 5.32 Å². The van der Waals surface area contributed by atoms with Gasteiger partial charge in [0, 0.05) is 37.7 Å². The molecule has 0 spiro atoms. The molecule has 1 aliphatic heterocycles. The number of nitrogens with one attached hydrogen (secondary N) is 1. The predicted octanol–water partition coefficient (Wildman–Crippen LogP) is 1.83. The van der Waals surface area contributed by atoms with Crippen molar-refractivity contribution in [2.45, 2.75) is 12.8 Å². The number of likely N-dealkylation sites (tertiary alicyclic amines) is 1. The standard InChI is InChI=1S/C16H16FN3O3/c17-12-4-2-11(3-5-12)14-10-13(19-23-14)16(22)18-7-6-15(21)20-8-1-9-20/h2-5,10H,1,6-9H2,(H,18,22). The molecule has 0 radical (unpaired) electrons. The summed E-state index contributed by atoms with van der Waals surface area (Å²) in [4.78, 5) is 25.4. The molecule has 0 aliphatic carbocycles. The first-order valence-electron chi connectivity index (χ1n) is 7.42. The van der Waals surface area contributed by atoms with E-state index in [1.807, 2.05) is 0 Å². The highest BCUT2D eigenvalue weighted by molar-refractivity contribution is 5.93. The van der Waals surface area contributed by atoms with Gasteiger partial charge in [-0.05, 0) is 30.7 Å². The van der Waals surface area contributed by atoms with Crippen LogP contribution >= 0.6 is 0 Å². The molecule has 1 aromatic carbocycles. The van der Waals surface area contributed by atoms with E-state index in [0.717, 1.165) is 19.5 Å². The summed E-state index contributed by atoms with van der Waals surface area (Å²) in [7, 11) is 0. The van der Waals surface area contributed by atoms with Gasteiger partial charge in [-0.15, -0.1) is 0 Å². The Morgan fingerprint density at radius 1 is 1.26 bits per heavy atom. The molecule has 120 valence electrons. The van der Waals surface area contributed by atoms with Crippen molar-refractivity contribution in [1.29, 1.82) is 0 Å². The molecule has 2 aromatic rings. The Morgan fingerprint density at radius 3 is 2.65 bits per heavy atom. The molecule has 0 atom stereocenters. The molecule has 2 amide bonds. The third kappa shape index (κ3) is 3.56. The first-order valence-corrected chi connectivity index (χ1v) is 7.42. The van der Waals surface area contributed by atoms with Crippen molar-refractivity contribution < 1.29 is 18.5 Å². The van der Waals surface area contributed by atoms with E-state index in [9.17, 15) is 14.0 Å². The molecular weight excluding hydrogens is 301 g/mol. The van der Waals surface area contributed by atoms with E-state index in [-0.39, 0.29) is 30.4 Å². The Labute approximate surface area is 132 Å². The maximum atomic E-state index is 12.9. The number of nitrogens with zero attached hydrogens (tertiary/aromatic N) is 2. The number of aromatic nitrogens is 1. The van der Waals surface area contributed by atoms with Crippen LogP contribution in [0.5, 0.6) is 0 Å². The number of benzene rings is 1. The lowest BCUT2D eigenvalue weighted by molar-refractivity contribution is -0.134. The van der Waals surface area contributed by atoms with Crippen LogP contribution in [0.2, 0.25) is 0 Å². The van der Waals surface area contributed by atoms with Crippen LogP contribution in [0.15, 0.2) is 34.9 Å². The number of carbonyl (C=O) groups excluding carboxylic acids is 2. The summed E-state index contributed by atoms with van der Waals surface area (Å²) >= 11 is 0. The second-order valence-electron chi connectivity index (χ2n) is 5.32. The van der Waals surface area contributed by atoms with Crippen molar-refractivity contribution >= 4 is 11.8 Å². The highest BCUT2D eigenvalue weighted by atomic mass is 19.1. The number of hydrogen-bond acceptors (Lipinski definition) is 4. The number of rotatable bonds is 5. The second kappa shape index (κ2) is 6.60. The van der Waals surface area contributed by atoms with Gasteiger partial charge in [0.2, 0.25) is 5.91 Å². The summed E-state index contributed by atoms with van der Waals surface area (Å²) in [5.41, 5.74) is 0.756. The van der Waals surface area contributed by atoms with E-state index in [1.165, 1.54) is 18.2 Å². The topological polar surface area (TPSA) is 75.4 Å². The molecule has 0 saturated carbocycles. The number of halogens is 1. The van der Waals surface area contributed by atoms with Gasteiger partial charge < -0.3 is 14.7 Å². The van der Waals surface area contributed by atoms with Crippen molar-refractivity contribution in [2.24, 2.45) is 0 Å². The fraction of sp³-hybridized carbons (Fsp3) is 0.312. The van der Waals surface area contributed by atoms with Gasteiger partial charge in [0.15, 0.2) is 11.5 Å². The van der Waals surface area contributed by atoms with Gasteiger partial charge in [0.1, 0.15) is 5.82 Å². The molecule has 1 N–H and O–H groups in total. The van der Waals surface area contributed by atoms with Crippen molar-refractivity contribution in [1.82, 2.24) is 15.4 Å². The summed E-state index contributed by atoms with van der Waals surface area (Å²) < 4.78 is 18.0. The van der Waals surface area contributed by atoms with Gasteiger partial charge in [-0.25, -0.2) is 4.39 Å². The fourth-order valence-corrected chi connectivity index (χ4v) is 2.23. The predicted molar refractivity (Wildman–Crippen MR) is 80.0 cm³/mol. The van der Waals surface area contributed by atoms with Crippen LogP contribution in [0, 0.1) is 5.82 Å². The van der Waals surface area contributed by atoms with Gasteiger partial charge >= 0.3 is 0 Å². The molecule has 1 aliphatic rings. The highest BCUT2D eigenvalue weighted by Gasteiger charge is 2.20. The summed E-state index contributed by atoms with van der Waals surface area (Å²) in [6.07, 6.45) is 1.32. The van der Waals surface area contributed by atoms with Crippen LogP contribution in [0.25, 0.3) is 11.3 Å². The van der Waals surface area contributed by atoms with E-state index in [2.05, 4.69) is 10.5 Å². The third-order valence-corrected chi connectivity index (χ3v) is 3.70. The Morgan fingerprint density at radius 2 is 2.00 bits per heavy atom. The second-order valence-corrected chi connectivity index (χ2v) is 5.32. The molecule has 2 heterocycles. The first kappa shape index (κ1) is 15.2. The highest BCUT2D eigenvalue weighted by Crippen LogP contribution is 2.20. The molecule has 0 bridgehead atoms.